The van der Waals surface area contributed by atoms with Crippen molar-refractivity contribution in [2.75, 3.05) is 19.6 Å². The average Bonchev–Trinajstić information content (AvgIpc) is 2.50. The minimum atomic E-state index is 0. The SMILES string of the molecule is CCN(C(=O)CC(C)C1CCNCC1)C1CCCCC1.Cl. The molecule has 0 bridgehead atoms. The fraction of sp³-hybridized carbons (Fsp3) is 0.941. The zero-order chi connectivity index (χ0) is 14.4. The zero-order valence-corrected chi connectivity index (χ0v) is 14.6. The fourth-order valence-corrected chi connectivity index (χ4v) is 4.00. The average molecular weight is 317 g/mol. The van der Waals surface area contributed by atoms with Crippen molar-refractivity contribution in [3.05, 3.63) is 0 Å². The normalized spacial score (nSPS) is 22.4. The van der Waals surface area contributed by atoms with E-state index in [2.05, 4.69) is 24.1 Å². The molecule has 0 spiro atoms. The molecule has 1 amide bonds. The number of nitrogens with zero attached hydrogens (tertiary/aromatic N) is 1. The monoisotopic (exact) mass is 316 g/mol. The van der Waals surface area contributed by atoms with E-state index >= 15 is 0 Å². The first-order valence-electron chi connectivity index (χ1n) is 8.72. The van der Waals surface area contributed by atoms with Crippen molar-refractivity contribution >= 4 is 18.3 Å². The topological polar surface area (TPSA) is 32.3 Å². The summed E-state index contributed by atoms with van der Waals surface area (Å²) >= 11 is 0. The molecule has 1 unspecified atom stereocenters. The summed E-state index contributed by atoms with van der Waals surface area (Å²) in [6.07, 6.45) is 9.65. The first-order valence-corrected chi connectivity index (χ1v) is 8.72. The van der Waals surface area contributed by atoms with E-state index in [0.29, 0.717) is 17.9 Å². The summed E-state index contributed by atoms with van der Waals surface area (Å²) in [5.41, 5.74) is 0. The Morgan fingerprint density at radius 1 is 1.14 bits per heavy atom. The third-order valence-corrected chi connectivity index (χ3v) is 5.36. The summed E-state index contributed by atoms with van der Waals surface area (Å²) < 4.78 is 0. The van der Waals surface area contributed by atoms with Gasteiger partial charge in [-0.1, -0.05) is 26.2 Å². The first kappa shape index (κ1) is 18.8. The van der Waals surface area contributed by atoms with Crippen LogP contribution >= 0.6 is 12.4 Å². The maximum absolute atomic E-state index is 12.6. The van der Waals surface area contributed by atoms with E-state index in [4.69, 9.17) is 0 Å². The van der Waals surface area contributed by atoms with Crippen LogP contribution in [0.5, 0.6) is 0 Å². The largest absolute Gasteiger partial charge is 0.340 e. The Labute approximate surface area is 136 Å². The van der Waals surface area contributed by atoms with E-state index in [1.807, 2.05) is 0 Å². The minimum Gasteiger partial charge on any atom is -0.340 e. The maximum Gasteiger partial charge on any atom is 0.223 e. The van der Waals surface area contributed by atoms with Crippen LogP contribution in [-0.2, 0) is 4.79 Å². The van der Waals surface area contributed by atoms with Crippen LogP contribution < -0.4 is 5.32 Å². The van der Waals surface area contributed by atoms with Gasteiger partial charge in [0.2, 0.25) is 5.91 Å². The molecular formula is C17H33ClN2O. The van der Waals surface area contributed by atoms with Crippen molar-refractivity contribution < 1.29 is 4.79 Å². The minimum absolute atomic E-state index is 0. The molecule has 1 saturated heterocycles. The molecule has 4 heteroatoms. The molecule has 0 aromatic carbocycles. The second kappa shape index (κ2) is 9.68. The van der Waals surface area contributed by atoms with Crippen LogP contribution in [-0.4, -0.2) is 36.5 Å². The van der Waals surface area contributed by atoms with Gasteiger partial charge in [-0.25, -0.2) is 0 Å². The molecule has 21 heavy (non-hydrogen) atoms. The van der Waals surface area contributed by atoms with E-state index in [1.165, 1.54) is 44.9 Å². The molecule has 2 aliphatic rings. The third-order valence-electron chi connectivity index (χ3n) is 5.36. The molecule has 0 aromatic heterocycles. The Kier molecular flexibility index (Phi) is 8.65. The maximum atomic E-state index is 12.6. The van der Waals surface area contributed by atoms with E-state index in [1.54, 1.807) is 0 Å². The van der Waals surface area contributed by atoms with Gasteiger partial charge in [-0.05, 0) is 57.5 Å². The van der Waals surface area contributed by atoms with E-state index < -0.39 is 0 Å². The Morgan fingerprint density at radius 3 is 2.33 bits per heavy atom. The lowest BCUT2D eigenvalue weighted by molar-refractivity contribution is -0.135. The van der Waals surface area contributed by atoms with Crippen LogP contribution in [0, 0.1) is 11.8 Å². The van der Waals surface area contributed by atoms with Gasteiger partial charge in [0.15, 0.2) is 0 Å². The molecule has 0 radical (unpaired) electrons. The lowest BCUT2D eigenvalue weighted by Crippen LogP contribution is -2.42. The summed E-state index contributed by atoms with van der Waals surface area (Å²) in [5.74, 6) is 1.69. The molecule has 2 fully saturated rings. The summed E-state index contributed by atoms with van der Waals surface area (Å²) in [7, 11) is 0. The molecule has 124 valence electrons. The number of nitrogens with one attached hydrogen (secondary N) is 1. The van der Waals surface area contributed by atoms with Gasteiger partial charge in [-0.2, -0.15) is 0 Å². The van der Waals surface area contributed by atoms with Crippen LogP contribution in [0.15, 0.2) is 0 Å². The fourth-order valence-electron chi connectivity index (χ4n) is 4.00. The number of carbonyl (C=O) groups is 1. The van der Waals surface area contributed by atoms with Gasteiger partial charge in [-0.15, -0.1) is 12.4 Å². The smallest absolute Gasteiger partial charge is 0.223 e. The predicted octanol–water partition coefficient (Wildman–Crippen LogP) is 3.62. The highest BCUT2D eigenvalue weighted by molar-refractivity contribution is 5.85. The van der Waals surface area contributed by atoms with Crippen molar-refractivity contribution in [1.82, 2.24) is 10.2 Å². The molecule has 2 rings (SSSR count). The molecule has 1 atom stereocenters. The number of rotatable bonds is 5. The van der Waals surface area contributed by atoms with Crippen LogP contribution in [0.3, 0.4) is 0 Å². The highest BCUT2D eigenvalue weighted by Gasteiger charge is 2.27. The van der Waals surface area contributed by atoms with Crippen LogP contribution in [0.25, 0.3) is 0 Å². The van der Waals surface area contributed by atoms with Crippen molar-refractivity contribution in [1.29, 1.82) is 0 Å². The second-order valence-corrected chi connectivity index (χ2v) is 6.74. The molecule has 1 N–H and O–H groups in total. The molecule has 1 aliphatic heterocycles. The lowest BCUT2D eigenvalue weighted by atomic mass is 9.83. The van der Waals surface area contributed by atoms with Crippen molar-refractivity contribution in [3.63, 3.8) is 0 Å². The van der Waals surface area contributed by atoms with Crippen LogP contribution in [0.4, 0.5) is 0 Å². The van der Waals surface area contributed by atoms with Crippen LogP contribution in [0.2, 0.25) is 0 Å². The highest BCUT2D eigenvalue weighted by Crippen LogP contribution is 2.27. The number of amides is 1. The zero-order valence-electron chi connectivity index (χ0n) is 13.8. The van der Waals surface area contributed by atoms with Crippen molar-refractivity contribution in [2.24, 2.45) is 11.8 Å². The molecule has 1 heterocycles. The van der Waals surface area contributed by atoms with E-state index in [0.717, 1.165) is 32.0 Å². The van der Waals surface area contributed by atoms with Crippen LogP contribution in [0.1, 0.15) is 65.2 Å². The van der Waals surface area contributed by atoms with Gasteiger partial charge in [0.1, 0.15) is 0 Å². The Balaban J connectivity index is 0.00000220. The van der Waals surface area contributed by atoms with E-state index in [9.17, 15) is 4.79 Å². The molecule has 0 aromatic rings. The number of hydrogen-bond acceptors (Lipinski definition) is 2. The third kappa shape index (κ3) is 5.45. The summed E-state index contributed by atoms with van der Waals surface area (Å²) in [6.45, 7) is 7.57. The van der Waals surface area contributed by atoms with Gasteiger partial charge in [-0.3, -0.25) is 4.79 Å². The second-order valence-electron chi connectivity index (χ2n) is 6.74. The summed E-state index contributed by atoms with van der Waals surface area (Å²) in [6, 6.07) is 0.529. The molecular weight excluding hydrogens is 284 g/mol. The Hall–Kier alpha value is -0.280. The van der Waals surface area contributed by atoms with Crippen molar-refractivity contribution in [2.45, 2.75) is 71.3 Å². The van der Waals surface area contributed by atoms with Gasteiger partial charge in [0.05, 0.1) is 0 Å². The van der Waals surface area contributed by atoms with Gasteiger partial charge >= 0.3 is 0 Å². The number of halogens is 1. The van der Waals surface area contributed by atoms with Gasteiger partial charge in [0, 0.05) is 19.0 Å². The standard InChI is InChI=1S/C17H32N2O.ClH/c1-3-19(16-7-5-4-6-8-16)17(20)13-14(2)15-9-11-18-12-10-15;/h14-16,18H,3-13H2,1-2H3;1H. The molecule has 1 saturated carbocycles. The number of hydrogen-bond donors (Lipinski definition) is 1. The Bertz CT molecular complexity index is 299. The Morgan fingerprint density at radius 2 is 1.76 bits per heavy atom. The highest BCUT2D eigenvalue weighted by atomic mass is 35.5. The summed E-state index contributed by atoms with van der Waals surface area (Å²) in [4.78, 5) is 14.8. The molecule has 1 aliphatic carbocycles. The predicted molar refractivity (Wildman–Crippen MR) is 90.9 cm³/mol. The lowest BCUT2D eigenvalue weighted by Gasteiger charge is -2.35. The van der Waals surface area contributed by atoms with Gasteiger partial charge in [0.25, 0.3) is 0 Å². The quantitative estimate of drug-likeness (QED) is 0.840. The molecule has 3 nitrogen and oxygen atoms in total. The number of piperidine rings is 1. The summed E-state index contributed by atoms with van der Waals surface area (Å²) in [5, 5.41) is 3.41. The van der Waals surface area contributed by atoms with Gasteiger partial charge < -0.3 is 10.2 Å². The van der Waals surface area contributed by atoms with Crippen molar-refractivity contribution in [3.8, 4) is 0 Å². The number of carbonyl (C=O) groups excluding carboxylic acids is 1. The van der Waals surface area contributed by atoms with E-state index in [-0.39, 0.29) is 12.4 Å². The first-order chi connectivity index (χ1) is 9.72.